The number of fused-ring (bicyclic) bond motifs is 1. The lowest BCUT2D eigenvalue weighted by molar-refractivity contribution is 0.513. The van der Waals surface area contributed by atoms with Gasteiger partial charge in [-0.15, -0.1) is 0 Å². The first-order valence-corrected chi connectivity index (χ1v) is 6.29. The van der Waals surface area contributed by atoms with Gasteiger partial charge < -0.3 is 5.32 Å². The molecule has 6 nitrogen and oxygen atoms in total. The molecule has 0 aliphatic rings. The van der Waals surface area contributed by atoms with E-state index in [0.717, 1.165) is 5.56 Å². The van der Waals surface area contributed by atoms with Crippen molar-refractivity contribution in [3.8, 4) is 0 Å². The van der Waals surface area contributed by atoms with E-state index < -0.39 is 5.69 Å². The van der Waals surface area contributed by atoms with E-state index in [1.807, 2.05) is 20.9 Å². The average Bonchev–Trinajstić information content (AvgIpc) is 2.35. The third-order valence-electron chi connectivity index (χ3n) is 2.82. The zero-order valence-electron chi connectivity index (χ0n) is 11.4. The first-order valence-electron chi connectivity index (χ1n) is 6.29. The van der Waals surface area contributed by atoms with E-state index in [2.05, 4.69) is 15.3 Å². The van der Waals surface area contributed by atoms with Gasteiger partial charge in [0.1, 0.15) is 5.65 Å². The number of nitrogens with zero attached hydrogens (tertiary/aromatic N) is 2. The maximum atomic E-state index is 11.9. The fraction of sp³-hybridized carbons (Fsp3) is 0.462. The average molecular weight is 262 g/mol. The molecule has 2 N–H and O–H groups in total. The highest BCUT2D eigenvalue weighted by Crippen LogP contribution is 2.09. The summed E-state index contributed by atoms with van der Waals surface area (Å²) < 4.78 is 1.52. The molecule has 0 aliphatic carbocycles. The van der Waals surface area contributed by atoms with Crippen LogP contribution in [0, 0.1) is 5.92 Å². The summed E-state index contributed by atoms with van der Waals surface area (Å²) in [5, 5.41) is 3.46. The second-order valence-corrected chi connectivity index (χ2v) is 5.01. The van der Waals surface area contributed by atoms with E-state index in [0.29, 0.717) is 30.0 Å². The standard InChI is InChI=1S/C13H18N4O2/c1-8(2)7-17-11-10(12(18)16-13(17)19)4-9(5-14-3)6-15-11/h4,6,8,14H,5,7H2,1-3H3,(H,16,18,19). The van der Waals surface area contributed by atoms with Crippen molar-refractivity contribution in [2.24, 2.45) is 5.92 Å². The number of nitrogens with one attached hydrogen (secondary N) is 2. The van der Waals surface area contributed by atoms with Crippen LogP contribution in [0.3, 0.4) is 0 Å². The van der Waals surface area contributed by atoms with Crippen LogP contribution >= 0.6 is 0 Å². The Morgan fingerprint density at radius 3 is 2.79 bits per heavy atom. The fourth-order valence-corrected chi connectivity index (χ4v) is 2.05. The number of hydrogen-bond acceptors (Lipinski definition) is 4. The summed E-state index contributed by atoms with van der Waals surface area (Å²) in [5.41, 5.74) is 0.572. The molecule has 0 fully saturated rings. The van der Waals surface area contributed by atoms with Crippen molar-refractivity contribution >= 4 is 11.0 Å². The van der Waals surface area contributed by atoms with Crippen LogP contribution in [0.1, 0.15) is 19.4 Å². The van der Waals surface area contributed by atoms with Crippen LogP contribution in [0.4, 0.5) is 0 Å². The summed E-state index contributed by atoms with van der Waals surface area (Å²) in [6.45, 7) is 5.19. The van der Waals surface area contributed by atoms with Crippen LogP contribution < -0.4 is 16.6 Å². The highest BCUT2D eigenvalue weighted by atomic mass is 16.2. The number of H-pyrrole nitrogens is 1. The summed E-state index contributed by atoms with van der Waals surface area (Å²) in [7, 11) is 1.83. The van der Waals surface area contributed by atoms with Gasteiger partial charge in [-0.3, -0.25) is 14.3 Å². The summed E-state index contributed by atoms with van der Waals surface area (Å²) in [6.07, 6.45) is 1.69. The van der Waals surface area contributed by atoms with Gasteiger partial charge in [0.15, 0.2) is 0 Å². The Kier molecular flexibility index (Phi) is 3.80. The normalized spacial score (nSPS) is 11.4. The molecule has 2 aromatic heterocycles. The van der Waals surface area contributed by atoms with Crippen molar-refractivity contribution < 1.29 is 0 Å². The summed E-state index contributed by atoms with van der Waals surface area (Å²) in [6, 6.07) is 1.77. The van der Waals surface area contributed by atoms with Crippen molar-refractivity contribution in [2.45, 2.75) is 26.9 Å². The van der Waals surface area contributed by atoms with Crippen LogP contribution in [0.5, 0.6) is 0 Å². The lowest BCUT2D eigenvalue weighted by Crippen LogP contribution is -2.32. The number of pyridine rings is 1. The molecule has 0 saturated heterocycles. The quantitative estimate of drug-likeness (QED) is 0.839. The number of hydrogen-bond donors (Lipinski definition) is 2. The lowest BCUT2D eigenvalue weighted by atomic mass is 10.2. The molecular weight excluding hydrogens is 244 g/mol. The molecule has 2 heterocycles. The van der Waals surface area contributed by atoms with Crippen LogP contribution in [0.2, 0.25) is 0 Å². The minimum Gasteiger partial charge on any atom is -0.316 e. The predicted octanol–water partition coefficient (Wildman–Crippen LogP) is 0.460. The van der Waals surface area contributed by atoms with Gasteiger partial charge in [0.25, 0.3) is 5.56 Å². The molecule has 0 aliphatic heterocycles. The van der Waals surface area contributed by atoms with Crippen LogP contribution in [0.15, 0.2) is 21.9 Å². The first kappa shape index (κ1) is 13.5. The van der Waals surface area contributed by atoms with Gasteiger partial charge in [-0.25, -0.2) is 9.78 Å². The van der Waals surface area contributed by atoms with Crippen LogP contribution in [-0.2, 0) is 13.1 Å². The number of aromatic nitrogens is 3. The van der Waals surface area contributed by atoms with E-state index >= 15 is 0 Å². The van der Waals surface area contributed by atoms with Gasteiger partial charge in [-0.1, -0.05) is 13.8 Å². The van der Waals surface area contributed by atoms with Gasteiger partial charge in [0, 0.05) is 19.3 Å². The maximum absolute atomic E-state index is 11.9. The van der Waals surface area contributed by atoms with Crippen LogP contribution in [-0.4, -0.2) is 21.6 Å². The molecular formula is C13H18N4O2. The van der Waals surface area contributed by atoms with E-state index in [1.54, 1.807) is 12.3 Å². The molecule has 0 atom stereocenters. The molecule has 0 spiro atoms. The van der Waals surface area contributed by atoms with E-state index in [9.17, 15) is 9.59 Å². The third kappa shape index (κ3) is 2.73. The van der Waals surface area contributed by atoms with Crippen molar-refractivity contribution in [1.29, 1.82) is 0 Å². The van der Waals surface area contributed by atoms with Crippen LogP contribution in [0.25, 0.3) is 11.0 Å². The van der Waals surface area contributed by atoms with Crippen molar-refractivity contribution in [2.75, 3.05) is 7.05 Å². The van der Waals surface area contributed by atoms with Gasteiger partial charge in [-0.05, 0) is 24.6 Å². The van der Waals surface area contributed by atoms with Gasteiger partial charge in [0.2, 0.25) is 0 Å². The number of aromatic amines is 1. The van der Waals surface area contributed by atoms with Gasteiger partial charge in [0.05, 0.1) is 5.39 Å². The Balaban J connectivity index is 2.69. The largest absolute Gasteiger partial charge is 0.330 e. The van der Waals surface area contributed by atoms with E-state index in [4.69, 9.17) is 0 Å². The minimum absolute atomic E-state index is 0.297. The molecule has 0 saturated carbocycles. The summed E-state index contributed by atoms with van der Waals surface area (Å²) in [5.74, 6) is 0.297. The van der Waals surface area contributed by atoms with Gasteiger partial charge in [-0.2, -0.15) is 0 Å². The second-order valence-electron chi connectivity index (χ2n) is 5.01. The van der Waals surface area contributed by atoms with E-state index in [1.165, 1.54) is 4.57 Å². The maximum Gasteiger partial charge on any atom is 0.330 e. The molecule has 0 bridgehead atoms. The molecule has 0 unspecified atom stereocenters. The SMILES string of the molecule is CNCc1cnc2c(c1)c(=O)[nH]c(=O)n2CC(C)C. The van der Waals surface area contributed by atoms with Crippen molar-refractivity contribution in [3.05, 3.63) is 38.7 Å². The molecule has 2 rings (SSSR count). The molecule has 0 radical (unpaired) electrons. The lowest BCUT2D eigenvalue weighted by Gasteiger charge is -2.11. The number of rotatable bonds is 4. The van der Waals surface area contributed by atoms with Crippen molar-refractivity contribution in [3.63, 3.8) is 0 Å². The zero-order chi connectivity index (χ0) is 14.0. The molecule has 0 amide bonds. The minimum atomic E-state index is -0.403. The second kappa shape index (κ2) is 5.36. The van der Waals surface area contributed by atoms with Gasteiger partial charge >= 0.3 is 5.69 Å². The Morgan fingerprint density at radius 1 is 1.42 bits per heavy atom. The third-order valence-corrected chi connectivity index (χ3v) is 2.82. The Labute approximate surface area is 110 Å². The Hall–Kier alpha value is -1.95. The fourth-order valence-electron chi connectivity index (χ4n) is 2.05. The monoisotopic (exact) mass is 262 g/mol. The Bertz CT molecular complexity index is 700. The predicted molar refractivity (Wildman–Crippen MR) is 74.2 cm³/mol. The van der Waals surface area contributed by atoms with Crippen molar-refractivity contribution in [1.82, 2.24) is 19.9 Å². The summed E-state index contributed by atoms with van der Waals surface area (Å²) >= 11 is 0. The van der Waals surface area contributed by atoms with E-state index in [-0.39, 0.29) is 5.56 Å². The molecule has 102 valence electrons. The Morgan fingerprint density at radius 2 is 2.16 bits per heavy atom. The highest BCUT2D eigenvalue weighted by Gasteiger charge is 2.10. The topological polar surface area (TPSA) is 79.8 Å². The molecule has 6 heteroatoms. The zero-order valence-corrected chi connectivity index (χ0v) is 11.4. The molecule has 2 aromatic rings. The smallest absolute Gasteiger partial charge is 0.316 e. The summed E-state index contributed by atoms with van der Waals surface area (Å²) in [4.78, 5) is 30.3. The molecule has 0 aromatic carbocycles. The highest BCUT2D eigenvalue weighted by molar-refractivity contribution is 5.74. The first-order chi connectivity index (χ1) is 9.02. The molecule has 19 heavy (non-hydrogen) atoms.